The van der Waals surface area contributed by atoms with Gasteiger partial charge in [-0.2, -0.15) is 0 Å². The number of amides is 1. The maximum atomic E-state index is 13.0. The summed E-state index contributed by atoms with van der Waals surface area (Å²) in [5, 5.41) is 1.04. The van der Waals surface area contributed by atoms with Gasteiger partial charge in [-0.1, -0.05) is 35.3 Å². The van der Waals surface area contributed by atoms with Gasteiger partial charge in [-0.3, -0.25) is 9.69 Å². The predicted octanol–water partition coefficient (Wildman–Crippen LogP) is 3.31. The molecule has 144 valence electrons. The maximum absolute atomic E-state index is 13.0. The molecule has 1 aliphatic rings. The smallest absolute Gasteiger partial charge is 0.236 e. The van der Waals surface area contributed by atoms with E-state index >= 15 is 0 Å². The van der Waals surface area contributed by atoms with E-state index < -0.39 is 0 Å². The molecule has 0 aliphatic carbocycles. The van der Waals surface area contributed by atoms with E-state index in [0.29, 0.717) is 23.1 Å². The second-order valence-electron chi connectivity index (χ2n) is 6.60. The zero-order chi connectivity index (χ0) is 19.4. The first kappa shape index (κ1) is 19.9. The molecule has 0 unspecified atom stereocenters. The van der Waals surface area contributed by atoms with Crippen LogP contribution in [0.4, 0.5) is 10.2 Å². The van der Waals surface area contributed by atoms with E-state index in [-0.39, 0.29) is 11.7 Å². The van der Waals surface area contributed by atoms with Crippen molar-refractivity contribution in [2.24, 2.45) is 0 Å². The summed E-state index contributed by atoms with van der Waals surface area (Å²) < 4.78 is 13.0. The molecule has 2 heterocycles. The van der Waals surface area contributed by atoms with Crippen LogP contribution in [0.2, 0.25) is 10.0 Å². The number of carbonyl (C=O) groups is 1. The van der Waals surface area contributed by atoms with E-state index in [4.69, 9.17) is 23.2 Å². The fourth-order valence-electron chi connectivity index (χ4n) is 3.02. The van der Waals surface area contributed by atoms with Crippen LogP contribution in [0.1, 0.15) is 5.56 Å². The van der Waals surface area contributed by atoms with E-state index in [2.05, 4.69) is 14.8 Å². The van der Waals surface area contributed by atoms with Crippen molar-refractivity contribution in [1.82, 2.24) is 14.8 Å². The Morgan fingerprint density at radius 3 is 2.48 bits per heavy atom. The molecule has 1 saturated heterocycles. The van der Waals surface area contributed by atoms with Crippen molar-refractivity contribution in [2.45, 2.75) is 6.54 Å². The molecule has 1 amide bonds. The molecular formula is C19H21Cl2FN4O. The van der Waals surface area contributed by atoms with Gasteiger partial charge in [0.2, 0.25) is 5.91 Å². The Bertz CT molecular complexity index is 795. The van der Waals surface area contributed by atoms with Gasteiger partial charge in [0.25, 0.3) is 0 Å². The van der Waals surface area contributed by atoms with Crippen molar-refractivity contribution < 1.29 is 9.18 Å². The highest BCUT2D eigenvalue weighted by molar-refractivity contribution is 6.36. The first-order valence-electron chi connectivity index (χ1n) is 8.69. The summed E-state index contributed by atoms with van der Waals surface area (Å²) >= 11 is 12.1. The first-order chi connectivity index (χ1) is 12.9. The molecule has 0 radical (unpaired) electrons. The van der Waals surface area contributed by atoms with Gasteiger partial charge in [-0.15, -0.1) is 0 Å². The number of nitrogens with zero attached hydrogens (tertiary/aromatic N) is 4. The van der Waals surface area contributed by atoms with Gasteiger partial charge in [-0.25, -0.2) is 9.37 Å². The minimum atomic E-state index is -0.277. The quantitative estimate of drug-likeness (QED) is 0.757. The summed E-state index contributed by atoms with van der Waals surface area (Å²) in [5.74, 6) is 0.483. The van der Waals surface area contributed by atoms with Crippen molar-refractivity contribution in [1.29, 1.82) is 0 Å². The number of rotatable bonds is 5. The van der Waals surface area contributed by atoms with Gasteiger partial charge in [0.15, 0.2) is 0 Å². The molecule has 5 nitrogen and oxygen atoms in total. The molecule has 3 rings (SSSR count). The van der Waals surface area contributed by atoms with Gasteiger partial charge in [-0.05, 0) is 23.8 Å². The molecule has 0 atom stereocenters. The van der Waals surface area contributed by atoms with Crippen LogP contribution in [-0.4, -0.2) is 60.5 Å². The number of benzene rings is 1. The monoisotopic (exact) mass is 410 g/mol. The number of halogens is 3. The molecule has 0 saturated carbocycles. The number of aromatic nitrogens is 1. The lowest BCUT2D eigenvalue weighted by Gasteiger charge is -2.36. The molecule has 27 heavy (non-hydrogen) atoms. The normalized spacial score (nSPS) is 15.0. The molecule has 8 heteroatoms. The number of hydrogen-bond acceptors (Lipinski definition) is 4. The van der Waals surface area contributed by atoms with Gasteiger partial charge in [0.1, 0.15) is 11.6 Å². The second-order valence-corrected chi connectivity index (χ2v) is 7.44. The maximum Gasteiger partial charge on any atom is 0.236 e. The van der Waals surface area contributed by atoms with Crippen LogP contribution < -0.4 is 4.90 Å². The number of pyridine rings is 1. The Morgan fingerprint density at radius 1 is 1.19 bits per heavy atom. The van der Waals surface area contributed by atoms with Crippen LogP contribution in [0, 0.1) is 5.82 Å². The lowest BCUT2D eigenvalue weighted by atomic mass is 10.2. The van der Waals surface area contributed by atoms with E-state index in [1.54, 1.807) is 36.3 Å². The van der Waals surface area contributed by atoms with Gasteiger partial charge >= 0.3 is 0 Å². The first-order valence-corrected chi connectivity index (χ1v) is 9.45. The van der Waals surface area contributed by atoms with Crippen molar-refractivity contribution in [3.8, 4) is 0 Å². The van der Waals surface area contributed by atoms with Crippen molar-refractivity contribution >= 4 is 34.9 Å². The molecule has 0 spiro atoms. The van der Waals surface area contributed by atoms with E-state index in [9.17, 15) is 9.18 Å². The summed E-state index contributed by atoms with van der Waals surface area (Å²) in [7, 11) is 1.76. The summed E-state index contributed by atoms with van der Waals surface area (Å²) in [5.41, 5.74) is 0.903. The van der Waals surface area contributed by atoms with E-state index in [1.165, 1.54) is 12.1 Å². The van der Waals surface area contributed by atoms with Crippen LogP contribution in [0.15, 0.2) is 36.5 Å². The number of hydrogen-bond donors (Lipinski definition) is 0. The SMILES string of the molecule is CN(Cc1ccc(F)cc1)C(=O)CN1CCN(c2ncc(Cl)cc2Cl)CC1. The third-order valence-corrected chi connectivity index (χ3v) is 5.06. The highest BCUT2D eigenvalue weighted by Crippen LogP contribution is 2.26. The standard InChI is InChI=1S/C19H21Cl2FN4O/c1-24(12-14-2-4-16(22)5-3-14)18(27)13-25-6-8-26(9-7-25)19-17(21)10-15(20)11-23-19/h2-5,10-11H,6-9,12-13H2,1H3. The van der Waals surface area contributed by atoms with E-state index in [0.717, 1.165) is 37.6 Å². The van der Waals surface area contributed by atoms with Crippen molar-refractivity contribution in [2.75, 3.05) is 44.7 Å². The topological polar surface area (TPSA) is 39.7 Å². The number of likely N-dealkylation sites (N-methyl/N-ethyl adjacent to an activating group) is 1. The number of carbonyl (C=O) groups excluding carboxylic acids is 1. The molecule has 0 bridgehead atoms. The van der Waals surface area contributed by atoms with Crippen LogP contribution >= 0.6 is 23.2 Å². The molecule has 1 fully saturated rings. The highest BCUT2D eigenvalue weighted by Gasteiger charge is 2.22. The Labute approximate surface area is 168 Å². The molecule has 1 aromatic carbocycles. The molecule has 1 aliphatic heterocycles. The molecular weight excluding hydrogens is 390 g/mol. The average molecular weight is 411 g/mol. The zero-order valence-electron chi connectivity index (χ0n) is 15.0. The van der Waals surface area contributed by atoms with Gasteiger partial charge in [0, 0.05) is 46.0 Å². The molecule has 0 N–H and O–H groups in total. The summed E-state index contributed by atoms with van der Waals surface area (Å²) in [6.07, 6.45) is 1.59. The lowest BCUT2D eigenvalue weighted by Crippen LogP contribution is -2.49. The van der Waals surface area contributed by atoms with Crippen LogP contribution in [0.3, 0.4) is 0 Å². The largest absolute Gasteiger partial charge is 0.353 e. The fraction of sp³-hybridized carbons (Fsp3) is 0.368. The van der Waals surface area contributed by atoms with Gasteiger partial charge < -0.3 is 9.80 Å². The average Bonchev–Trinajstić information content (AvgIpc) is 2.64. The Kier molecular flexibility index (Phi) is 6.52. The Balaban J connectivity index is 1.49. The molecule has 1 aromatic heterocycles. The fourth-order valence-corrected chi connectivity index (χ4v) is 3.52. The summed E-state index contributed by atoms with van der Waals surface area (Å²) in [6.45, 7) is 3.79. The lowest BCUT2D eigenvalue weighted by molar-refractivity contribution is -0.131. The summed E-state index contributed by atoms with van der Waals surface area (Å²) in [4.78, 5) is 22.7. The van der Waals surface area contributed by atoms with Crippen molar-refractivity contribution in [3.05, 3.63) is 58.0 Å². The van der Waals surface area contributed by atoms with Crippen LogP contribution in [0.5, 0.6) is 0 Å². The van der Waals surface area contributed by atoms with Crippen LogP contribution in [-0.2, 0) is 11.3 Å². The Hall–Kier alpha value is -1.89. The van der Waals surface area contributed by atoms with Crippen molar-refractivity contribution in [3.63, 3.8) is 0 Å². The molecule has 2 aromatic rings. The third kappa shape index (κ3) is 5.31. The zero-order valence-corrected chi connectivity index (χ0v) is 16.5. The number of piperazine rings is 1. The second kappa shape index (κ2) is 8.87. The highest BCUT2D eigenvalue weighted by atomic mass is 35.5. The number of anilines is 1. The minimum Gasteiger partial charge on any atom is -0.353 e. The Morgan fingerprint density at radius 2 is 1.85 bits per heavy atom. The van der Waals surface area contributed by atoms with E-state index in [1.807, 2.05) is 0 Å². The van der Waals surface area contributed by atoms with Gasteiger partial charge in [0.05, 0.1) is 16.6 Å². The van der Waals surface area contributed by atoms with Crippen LogP contribution in [0.25, 0.3) is 0 Å². The predicted molar refractivity (Wildman–Crippen MR) is 106 cm³/mol. The minimum absolute atomic E-state index is 0.0374. The summed E-state index contributed by atoms with van der Waals surface area (Å²) in [6, 6.07) is 7.89. The third-order valence-electron chi connectivity index (χ3n) is 4.58.